The maximum atomic E-state index is 13.1. The van der Waals surface area contributed by atoms with E-state index in [1.807, 2.05) is 0 Å². The second-order valence-electron chi connectivity index (χ2n) is 5.07. The van der Waals surface area contributed by atoms with E-state index in [1.165, 1.54) is 12.1 Å². The quantitative estimate of drug-likeness (QED) is 0.375. The molecule has 0 aliphatic carbocycles. The third kappa shape index (κ3) is 5.25. The molecule has 132 valence electrons. The van der Waals surface area contributed by atoms with Gasteiger partial charge >= 0.3 is 6.36 Å². The summed E-state index contributed by atoms with van der Waals surface area (Å²) in [5.41, 5.74) is 0.265. The van der Waals surface area contributed by atoms with Crippen LogP contribution < -0.4 is 15.4 Å². The number of anilines is 1. The fourth-order valence-corrected chi connectivity index (χ4v) is 2.04. The Morgan fingerprint density at radius 3 is 2.29 bits per heavy atom. The number of benzene rings is 1. The van der Waals surface area contributed by atoms with E-state index >= 15 is 0 Å². The van der Waals surface area contributed by atoms with E-state index in [1.54, 1.807) is 0 Å². The van der Waals surface area contributed by atoms with E-state index in [4.69, 9.17) is 10.8 Å². The number of nitrogens with one attached hydrogen (secondary N) is 4. The van der Waals surface area contributed by atoms with Crippen LogP contribution in [0.2, 0.25) is 0 Å². The highest BCUT2D eigenvalue weighted by atomic mass is 19.4. The van der Waals surface area contributed by atoms with Gasteiger partial charge in [-0.25, -0.2) is 8.78 Å². The zero-order chi connectivity index (χ0) is 18.0. The molecule has 24 heavy (non-hydrogen) atoms. The maximum Gasteiger partial charge on any atom is 0.573 e. The van der Waals surface area contributed by atoms with E-state index < -0.39 is 24.6 Å². The molecule has 2 rings (SSSR count). The van der Waals surface area contributed by atoms with Crippen LogP contribution in [0.5, 0.6) is 5.75 Å². The van der Waals surface area contributed by atoms with Crippen molar-refractivity contribution >= 4 is 17.6 Å². The van der Waals surface area contributed by atoms with Crippen LogP contribution in [0.25, 0.3) is 0 Å². The standard InChI is InChI=1S/C13H14F5N5O/c14-12(15)5-6-23(7-12)11(20)22-10(19)21-8-1-3-9(4-2-8)24-13(16,17)18/h1-4H,5-7H2,(H4,19,20,21,22). The molecule has 0 saturated carbocycles. The Labute approximate surface area is 133 Å². The molecule has 4 N–H and O–H groups in total. The average molecular weight is 351 g/mol. The van der Waals surface area contributed by atoms with Gasteiger partial charge in [0.1, 0.15) is 5.75 Å². The van der Waals surface area contributed by atoms with Gasteiger partial charge in [-0.15, -0.1) is 13.2 Å². The van der Waals surface area contributed by atoms with Crippen molar-refractivity contribution in [1.29, 1.82) is 10.8 Å². The topological polar surface area (TPSA) is 84.2 Å². The smallest absolute Gasteiger partial charge is 0.406 e. The van der Waals surface area contributed by atoms with Gasteiger partial charge in [0.05, 0.1) is 6.54 Å². The lowest BCUT2D eigenvalue weighted by molar-refractivity contribution is -0.274. The molecular formula is C13H14F5N5O. The van der Waals surface area contributed by atoms with Crippen molar-refractivity contribution in [2.24, 2.45) is 0 Å². The predicted molar refractivity (Wildman–Crippen MR) is 76.5 cm³/mol. The Hall–Kier alpha value is -2.59. The first-order valence-electron chi connectivity index (χ1n) is 6.74. The zero-order valence-electron chi connectivity index (χ0n) is 12.2. The first kappa shape index (κ1) is 17.8. The lowest BCUT2D eigenvalue weighted by atomic mass is 10.3. The van der Waals surface area contributed by atoms with Gasteiger partial charge in [0, 0.05) is 18.7 Å². The highest BCUT2D eigenvalue weighted by molar-refractivity contribution is 6.02. The van der Waals surface area contributed by atoms with E-state index in [-0.39, 0.29) is 30.6 Å². The number of hydrogen-bond acceptors (Lipinski definition) is 3. The Morgan fingerprint density at radius 2 is 1.79 bits per heavy atom. The van der Waals surface area contributed by atoms with Gasteiger partial charge < -0.3 is 15.0 Å². The molecule has 0 unspecified atom stereocenters. The Balaban J connectivity index is 1.85. The molecular weight excluding hydrogens is 337 g/mol. The van der Waals surface area contributed by atoms with Crippen LogP contribution in [-0.4, -0.2) is 42.2 Å². The van der Waals surface area contributed by atoms with Crippen LogP contribution >= 0.6 is 0 Å². The Bertz CT molecular complexity index is 616. The summed E-state index contributed by atoms with van der Waals surface area (Å²) >= 11 is 0. The van der Waals surface area contributed by atoms with E-state index in [2.05, 4.69) is 15.4 Å². The lowest BCUT2D eigenvalue weighted by Gasteiger charge is -2.20. The molecule has 1 aromatic carbocycles. The molecule has 0 bridgehead atoms. The molecule has 1 aromatic rings. The number of halogens is 5. The second-order valence-corrected chi connectivity index (χ2v) is 5.07. The summed E-state index contributed by atoms with van der Waals surface area (Å²) in [5, 5.41) is 20.1. The molecule has 0 aromatic heterocycles. The van der Waals surface area contributed by atoms with Crippen LogP contribution in [0.15, 0.2) is 24.3 Å². The van der Waals surface area contributed by atoms with Gasteiger partial charge in [0.15, 0.2) is 11.9 Å². The number of ether oxygens (including phenoxy) is 1. The van der Waals surface area contributed by atoms with Crippen LogP contribution in [-0.2, 0) is 0 Å². The summed E-state index contributed by atoms with van der Waals surface area (Å²) < 4.78 is 65.9. The van der Waals surface area contributed by atoms with Crippen molar-refractivity contribution in [2.45, 2.75) is 18.7 Å². The monoisotopic (exact) mass is 351 g/mol. The van der Waals surface area contributed by atoms with Crippen LogP contribution in [0.4, 0.5) is 27.6 Å². The number of rotatable bonds is 2. The zero-order valence-corrected chi connectivity index (χ0v) is 12.2. The van der Waals surface area contributed by atoms with Gasteiger partial charge in [-0.1, -0.05) is 0 Å². The number of alkyl halides is 5. The van der Waals surface area contributed by atoms with Crippen LogP contribution in [0.1, 0.15) is 6.42 Å². The van der Waals surface area contributed by atoms with Crippen LogP contribution in [0, 0.1) is 10.8 Å². The summed E-state index contributed by atoms with van der Waals surface area (Å²) in [6.45, 7) is -0.606. The summed E-state index contributed by atoms with van der Waals surface area (Å²) in [6, 6.07) is 4.58. The first-order chi connectivity index (χ1) is 11.0. The molecule has 6 nitrogen and oxygen atoms in total. The van der Waals surface area contributed by atoms with Crippen molar-refractivity contribution in [2.75, 3.05) is 18.4 Å². The minimum atomic E-state index is -4.80. The molecule has 0 atom stereocenters. The van der Waals surface area contributed by atoms with Crippen molar-refractivity contribution in [1.82, 2.24) is 10.2 Å². The van der Waals surface area contributed by atoms with Gasteiger partial charge in [-0.2, -0.15) is 0 Å². The summed E-state index contributed by atoms with van der Waals surface area (Å²) in [6.07, 6.45) is -5.16. The number of hydrogen-bond donors (Lipinski definition) is 4. The van der Waals surface area contributed by atoms with Crippen molar-refractivity contribution in [3.63, 3.8) is 0 Å². The van der Waals surface area contributed by atoms with Crippen molar-refractivity contribution < 1.29 is 26.7 Å². The number of guanidine groups is 2. The minimum Gasteiger partial charge on any atom is -0.406 e. The first-order valence-corrected chi connectivity index (χ1v) is 6.74. The predicted octanol–water partition coefficient (Wildman–Crippen LogP) is 2.80. The normalized spacial score (nSPS) is 16.6. The minimum absolute atomic E-state index is 0.00437. The molecule has 1 saturated heterocycles. The maximum absolute atomic E-state index is 13.1. The van der Waals surface area contributed by atoms with E-state index in [0.717, 1.165) is 17.0 Å². The Morgan fingerprint density at radius 1 is 1.17 bits per heavy atom. The van der Waals surface area contributed by atoms with Gasteiger partial charge in [-0.3, -0.25) is 16.1 Å². The second kappa shape index (κ2) is 6.49. The summed E-state index contributed by atoms with van der Waals surface area (Å²) in [4.78, 5) is 1.09. The number of likely N-dealkylation sites (tertiary alicyclic amines) is 1. The van der Waals surface area contributed by atoms with Gasteiger partial charge in [0.2, 0.25) is 0 Å². The van der Waals surface area contributed by atoms with E-state index in [9.17, 15) is 22.0 Å². The molecule has 0 amide bonds. The Kier molecular flexibility index (Phi) is 4.81. The molecule has 1 heterocycles. The van der Waals surface area contributed by atoms with Crippen LogP contribution in [0.3, 0.4) is 0 Å². The summed E-state index contributed by atoms with van der Waals surface area (Å²) in [7, 11) is 0. The fraction of sp³-hybridized carbons (Fsp3) is 0.385. The van der Waals surface area contributed by atoms with Gasteiger partial charge in [0.25, 0.3) is 5.92 Å². The fourth-order valence-electron chi connectivity index (χ4n) is 2.04. The third-order valence-electron chi connectivity index (χ3n) is 3.09. The van der Waals surface area contributed by atoms with E-state index in [0.29, 0.717) is 0 Å². The third-order valence-corrected chi connectivity index (χ3v) is 3.09. The lowest BCUT2D eigenvalue weighted by Crippen LogP contribution is -2.45. The average Bonchev–Trinajstić information content (AvgIpc) is 2.80. The molecule has 0 spiro atoms. The molecule has 0 radical (unpaired) electrons. The highest BCUT2D eigenvalue weighted by Crippen LogP contribution is 2.26. The molecule has 1 aliphatic rings. The SMILES string of the molecule is N=C(NC(=N)N1CCC(F)(F)C1)Nc1ccc(OC(F)(F)F)cc1. The number of nitrogens with zero attached hydrogens (tertiary/aromatic N) is 1. The molecule has 1 fully saturated rings. The van der Waals surface area contributed by atoms with Crippen molar-refractivity contribution in [3.05, 3.63) is 24.3 Å². The highest BCUT2D eigenvalue weighted by Gasteiger charge is 2.39. The van der Waals surface area contributed by atoms with Gasteiger partial charge in [-0.05, 0) is 24.3 Å². The largest absolute Gasteiger partial charge is 0.573 e. The molecule has 1 aliphatic heterocycles. The molecule has 11 heteroatoms. The summed E-state index contributed by atoms with van der Waals surface area (Å²) in [5.74, 6) is -4.02. The van der Waals surface area contributed by atoms with Crippen molar-refractivity contribution in [3.8, 4) is 5.75 Å².